The van der Waals surface area contributed by atoms with E-state index in [1.165, 1.54) is 6.07 Å². The summed E-state index contributed by atoms with van der Waals surface area (Å²) in [6.07, 6.45) is 1.78. The molecular formula is C27H25FN4S. The summed E-state index contributed by atoms with van der Waals surface area (Å²) in [5.74, 6) is -0.303. The van der Waals surface area contributed by atoms with E-state index in [9.17, 15) is 0 Å². The molecule has 0 radical (unpaired) electrons. The first-order valence-corrected chi connectivity index (χ1v) is 11.4. The zero-order valence-corrected chi connectivity index (χ0v) is 19.6. The third-order valence-corrected chi connectivity index (χ3v) is 6.84. The maximum atomic E-state index is 15.0. The monoisotopic (exact) mass is 456 g/mol. The molecule has 4 aromatic rings. The Bertz CT molecular complexity index is 1320. The molecule has 4 nitrogen and oxygen atoms in total. The van der Waals surface area contributed by atoms with Crippen molar-refractivity contribution in [1.82, 2.24) is 14.9 Å². The number of anilines is 1. The van der Waals surface area contributed by atoms with Gasteiger partial charge in [-0.2, -0.15) is 0 Å². The lowest BCUT2D eigenvalue weighted by molar-refractivity contribution is 0.554. The molecule has 5 rings (SSSR count). The van der Waals surface area contributed by atoms with Gasteiger partial charge >= 0.3 is 0 Å². The SMILES string of the molecule is Cc1c([C@H]2[C@H](c3ccccn3)NC(=S)N2c2ccccc2F)c(C)n(-c2ccccc2)c1C. The van der Waals surface area contributed by atoms with Gasteiger partial charge in [0.05, 0.1) is 23.5 Å². The fourth-order valence-electron chi connectivity index (χ4n) is 4.96. The van der Waals surface area contributed by atoms with E-state index in [1.807, 2.05) is 47.4 Å². The van der Waals surface area contributed by atoms with Crippen molar-refractivity contribution < 1.29 is 4.39 Å². The number of halogens is 1. The third kappa shape index (κ3) is 3.51. The molecule has 0 aliphatic carbocycles. The van der Waals surface area contributed by atoms with Crippen LogP contribution in [0.5, 0.6) is 0 Å². The second-order valence-electron chi connectivity index (χ2n) is 8.33. The Balaban J connectivity index is 1.75. The highest BCUT2D eigenvalue weighted by Gasteiger charge is 2.44. The Morgan fingerprint density at radius 3 is 2.27 bits per heavy atom. The summed E-state index contributed by atoms with van der Waals surface area (Å²) < 4.78 is 17.3. The standard InChI is InChI=1S/C27H25FN4S/c1-17-18(2)31(20-11-5-4-6-12-20)19(3)24(17)26-25(22-14-9-10-16-29-22)30-27(33)32(26)23-15-8-7-13-21(23)28/h4-16,25-26H,1-3H3,(H,30,33)/t25-,26-/m0/s1. The number of thiocarbonyl (C=S) groups is 1. The van der Waals surface area contributed by atoms with Crippen molar-refractivity contribution in [1.29, 1.82) is 0 Å². The molecule has 1 saturated heterocycles. The summed E-state index contributed by atoms with van der Waals surface area (Å²) in [7, 11) is 0. The molecule has 1 aliphatic rings. The molecule has 1 fully saturated rings. The first kappa shape index (κ1) is 21.3. The number of nitrogens with zero attached hydrogens (tertiary/aromatic N) is 3. The fourth-order valence-corrected chi connectivity index (χ4v) is 5.30. The van der Waals surface area contributed by atoms with Crippen molar-refractivity contribution >= 4 is 23.0 Å². The second kappa shape index (κ2) is 8.45. The van der Waals surface area contributed by atoms with Gasteiger partial charge < -0.3 is 14.8 Å². The maximum Gasteiger partial charge on any atom is 0.174 e. The predicted molar refractivity (Wildman–Crippen MR) is 134 cm³/mol. The van der Waals surface area contributed by atoms with Gasteiger partial charge in [-0.05, 0) is 75.0 Å². The van der Waals surface area contributed by atoms with Gasteiger partial charge in [0.25, 0.3) is 0 Å². The van der Waals surface area contributed by atoms with E-state index in [1.54, 1.807) is 18.3 Å². The van der Waals surface area contributed by atoms with Crippen LogP contribution in [0.3, 0.4) is 0 Å². The molecule has 2 aromatic carbocycles. The van der Waals surface area contributed by atoms with Crippen molar-refractivity contribution in [3.8, 4) is 5.69 Å². The van der Waals surface area contributed by atoms with Crippen LogP contribution in [0.2, 0.25) is 0 Å². The van der Waals surface area contributed by atoms with Crippen LogP contribution < -0.4 is 10.2 Å². The summed E-state index contributed by atoms with van der Waals surface area (Å²) in [5.41, 5.74) is 6.98. The van der Waals surface area contributed by atoms with Crippen LogP contribution in [0, 0.1) is 26.6 Å². The van der Waals surface area contributed by atoms with E-state index in [0.717, 1.165) is 33.9 Å². The molecule has 0 spiro atoms. The van der Waals surface area contributed by atoms with E-state index in [-0.39, 0.29) is 17.9 Å². The molecule has 0 saturated carbocycles. The molecule has 0 bridgehead atoms. The smallest absolute Gasteiger partial charge is 0.174 e. The number of nitrogens with one attached hydrogen (secondary N) is 1. The van der Waals surface area contributed by atoms with Crippen molar-refractivity contribution in [2.75, 3.05) is 4.90 Å². The highest BCUT2D eigenvalue weighted by Crippen LogP contribution is 2.45. The zero-order valence-electron chi connectivity index (χ0n) is 18.8. The van der Waals surface area contributed by atoms with Crippen LogP contribution in [0.1, 0.15) is 40.3 Å². The summed E-state index contributed by atoms with van der Waals surface area (Å²) in [4.78, 5) is 6.53. The van der Waals surface area contributed by atoms with Gasteiger partial charge in [0.1, 0.15) is 5.82 Å². The number of rotatable bonds is 4. The molecule has 0 unspecified atom stereocenters. The predicted octanol–water partition coefficient (Wildman–Crippen LogP) is 6.11. The van der Waals surface area contributed by atoms with Gasteiger partial charge in [-0.3, -0.25) is 4.98 Å². The molecule has 1 aliphatic heterocycles. The van der Waals surface area contributed by atoms with E-state index in [4.69, 9.17) is 12.2 Å². The molecule has 0 amide bonds. The van der Waals surface area contributed by atoms with Crippen molar-refractivity contribution in [3.63, 3.8) is 0 Å². The van der Waals surface area contributed by atoms with Gasteiger partial charge in [-0.15, -0.1) is 0 Å². The minimum absolute atomic E-state index is 0.221. The van der Waals surface area contributed by atoms with Crippen LogP contribution >= 0.6 is 12.2 Å². The highest BCUT2D eigenvalue weighted by atomic mass is 32.1. The number of hydrogen-bond donors (Lipinski definition) is 1. The fraction of sp³-hybridized carbons (Fsp3) is 0.185. The number of aromatic nitrogens is 2. The molecule has 166 valence electrons. The molecule has 1 N–H and O–H groups in total. The van der Waals surface area contributed by atoms with Crippen LogP contribution in [0.25, 0.3) is 5.69 Å². The first-order chi connectivity index (χ1) is 16.0. The van der Waals surface area contributed by atoms with Crippen LogP contribution in [0.15, 0.2) is 79.0 Å². The lowest BCUT2D eigenvalue weighted by Crippen LogP contribution is -2.30. The van der Waals surface area contributed by atoms with Gasteiger partial charge in [0.2, 0.25) is 0 Å². The molecule has 2 aromatic heterocycles. The van der Waals surface area contributed by atoms with Gasteiger partial charge in [0, 0.05) is 28.8 Å². The Labute approximate surface area is 198 Å². The number of benzene rings is 2. The third-order valence-electron chi connectivity index (χ3n) is 6.53. The first-order valence-electron chi connectivity index (χ1n) is 11.0. The Kier molecular flexibility index (Phi) is 5.46. The largest absolute Gasteiger partial charge is 0.351 e. The Morgan fingerprint density at radius 1 is 0.879 bits per heavy atom. The normalized spacial score (nSPS) is 17.9. The van der Waals surface area contributed by atoms with Gasteiger partial charge in [-0.25, -0.2) is 4.39 Å². The lowest BCUT2D eigenvalue weighted by atomic mass is 9.93. The molecule has 3 heterocycles. The topological polar surface area (TPSA) is 33.1 Å². The van der Waals surface area contributed by atoms with Crippen molar-refractivity contribution in [2.45, 2.75) is 32.9 Å². The second-order valence-corrected chi connectivity index (χ2v) is 8.72. The van der Waals surface area contributed by atoms with Crippen LogP contribution in [-0.4, -0.2) is 14.7 Å². The molecule has 2 atom stereocenters. The van der Waals surface area contributed by atoms with Gasteiger partial charge in [-0.1, -0.05) is 36.4 Å². The van der Waals surface area contributed by atoms with Crippen molar-refractivity contribution in [3.05, 3.63) is 113 Å². The number of hydrogen-bond acceptors (Lipinski definition) is 2. The van der Waals surface area contributed by atoms with Crippen LogP contribution in [-0.2, 0) is 0 Å². The lowest BCUT2D eigenvalue weighted by Gasteiger charge is -2.29. The average molecular weight is 457 g/mol. The molecule has 33 heavy (non-hydrogen) atoms. The minimum Gasteiger partial charge on any atom is -0.351 e. The van der Waals surface area contributed by atoms with E-state index < -0.39 is 0 Å². The summed E-state index contributed by atoms with van der Waals surface area (Å²) in [6.45, 7) is 6.38. The summed E-state index contributed by atoms with van der Waals surface area (Å²) in [5, 5.41) is 3.93. The Hall–Kier alpha value is -3.51. The molecule has 6 heteroatoms. The zero-order chi connectivity index (χ0) is 23.1. The van der Waals surface area contributed by atoms with Gasteiger partial charge in [0.15, 0.2) is 5.11 Å². The highest BCUT2D eigenvalue weighted by molar-refractivity contribution is 7.80. The maximum absolute atomic E-state index is 15.0. The van der Waals surface area contributed by atoms with Crippen molar-refractivity contribution in [2.24, 2.45) is 0 Å². The van der Waals surface area contributed by atoms with E-state index in [2.05, 4.69) is 47.8 Å². The summed E-state index contributed by atoms with van der Waals surface area (Å²) in [6, 6.07) is 22.5. The van der Waals surface area contributed by atoms with Crippen LogP contribution in [0.4, 0.5) is 10.1 Å². The Morgan fingerprint density at radius 2 is 1.58 bits per heavy atom. The quantitative estimate of drug-likeness (QED) is 0.376. The summed E-state index contributed by atoms with van der Waals surface area (Å²) >= 11 is 5.77. The minimum atomic E-state index is -0.303. The van der Waals surface area contributed by atoms with E-state index in [0.29, 0.717) is 10.8 Å². The average Bonchev–Trinajstić information content (AvgIpc) is 3.27. The number of pyridine rings is 1. The molecular weight excluding hydrogens is 431 g/mol. The number of para-hydroxylation sites is 2. The van der Waals surface area contributed by atoms with E-state index >= 15 is 4.39 Å².